The largest absolute Gasteiger partial charge is 0.444 e. The van der Waals surface area contributed by atoms with Crippen LogP contribution in [0.4, 0.5) is 0 Å². The molecule has 0 aliphatic carbocycles. The molecule has 1 fully saturated rings. The van der Waals surface area contributed by atoms with E-state index in [1.807, 2.05) is 37.4 Å². The minimum atomic E-state index is 0. The van der Waals surface area contributed by atoms with E-state index in [-0.39, 0.29) is 24.0 Å². The molecule has 1 aromatic carbocycles. The van der Waals surface area contributed by atoms with Crippen molar-refractivity contribution in [1.29, 1.82) is 0 Å². The highest BCUT2D eigenvalue weighted by Crippen LogP contribution is 2.25. The third kappa shape index (κ3) is 5.39. The molecule has 2 aromatic rings. The standard InChI is InChI=1S/C19H26N4OS.HI/c1-14(2)17-12-23(9-10-25-17)19(20-3)21-11-16-13-24-18(22-16)15-7-5-4-6-8-15;/h4-8,13-14,17H,9-12H2,1-3H3,(H,20,21);1H. The fraction of sp³-hybridized carbons (Fsp3) is 0.474. The van der Waals surface area contributed by atoms with Gasteiger partial charge in [-0.05, 0) is 18.1 Å². The second-order valence-electron chi connectivity index (χ2n) is 6.51. The third-order valence-corrected chi connectivity index (χ3v) is 5.89. The van der Waals surface area contributed by atoms with E-state index in [1.54, 1.807) is 6.26 Å². The molecule has 0 radical (unpaired) electrons. The van der Waals surface area contributed by atoms with Gasteiger partial charge in [0.15, 0.2) is 5.96 Å². The molecule has 0 bridgehead atoms. The summed E-state index contributed by atoms with van der Waals surface area (Å²) in [7, 11) is 1.84. The van der Waals surface area contributed by atoms with Crippen LogP contribution < -0.4 is 5.32 Å². The van der Waals surface area contributed by atoms with E-state index in [0.29, 0.717) is 23.6 Å². The maximum atomic E-state index is 5.60. The van der Waals surface area contributed by atoms with E-state index < -0.39 is 0 Å². The highest BCUT2D eigenvalue weighted by molar-refractivity contribution is 14.0. The molecule has 1 aliphatic rings. The minimum absolute atomic E-state index is 0. The number of nitrogens with one attached hydrogen (secondary N) is 1. The Kier molecular flexibility index (Phi) is 8.27. The minimum Gasteiger partial charge on any atom is -0.444 e. The average Bonchev–Trinajstić information content (AvgIpc) is 3.12. The molecule has 0 spiro atoms. The van der Waals surface area contributed by atoms with Gasteiger partial charge >= 0.3 is 0 Å². The van der Waals surface area contributed by atoms with Crippen LogP contribution in [0, 0.1) is 5.92 Å². The number of nitrogens with zero attached hydrogens (tertiary/aromatic N) is 3. The Morgan fingerprint density at radius 1 is 1.38 bits per heavy atom. The van der Waals surface area contributed by atoms with Crippen LogP contribution >= 0.6 is 35.7 Å². The van der Waals surface area contributed by atoms with Gasteiger partial charge in [0.25, 0.3) is 0 Å². The van der Waals surface area contributed by atoms with Gasteiger partial charge in [0.2, 0.25) is 5.89 Å². The number of benzene rings is 1. The molecular weight excluding hydrogens is 459 g/mol. The van der Waals surface area contributed by atoms with Crippen LogP contribution in [0.15, 0.2) is 46.0 Å². The Bertz CT molecular complexity index is 705. The summed E-state index contributed by atoms with van der Waals surface area (Å²) in [4.78, 5) is 11.4. The first-order valence-electron chi connectivity index (χ1n) is 8.74. The molecule has 26 heavy (non-hydrogen) atoms. The zero-order chi connectivity index (χ0) is 17.6. The lowest BCUT2D eigenvalue weighted by molar-refractivity contribution is 0.380. The molecule has 3 rings (SSSR count). The molecule has 7 heteroatoms. The van der Waals surface area contributed by atoms with Crippen molar-refractivity contribution in [1.82, 2.24) is 15.2 Å². The van der Waals surface area contributed by atoms with Crippen molar-refractivity contribution < 1.29 is 4.42 Å². The normalized spacial score (nSPS) is 17.9. The molecule has 0 saturated carbocycles. The van der Waals surface area contributed by atoms with Crippen LogP contribution in [0.3, 0.4) is 0 Å². The van der Waals surface area contributed by atoms with Crippen LogP contribution in [0.2, 0.25) is 0 Å². The van der Waals surface area contributed by atoms with Gasteiger partial charge in [0.1, 0.15) is 6.26 Å². The van der Waals surface area contributed by atoms with Crippen molar-refractivity contribution in [2.45, 2.75) is 25.6 Å². The number of oxazole rings is 1. The number of aromatic nitrogens is 1. The first-order chi connectivity index (χ1) is 12.2. The molecule has 1 atom stereocenters. The second-order valence-corrected chi connectivity index (χ2v) is 7.86. The van der Waals surface area contributed by atoms with Crippen LogP contribution in [0.5, 0.6) is 0 Å². The van der Waals surface area contributed by atoms with E-state index in [4.69, 9.17) is 4.42 Å². The van der Waals surface area contributed by atoms with E-state index in [2.05, 4.69) is 45.8 Å². The van der Waals surface area contributed by atoms with Gasteiger partial charge in [-0.2, -0.15) is 11.8 Å². The number of guanidine groups is 1. The zero-order valence-electron chi connectivity index (χ0n) is 15.5. The maximum absolute atomic E-state index is 5.60. The van der Waals surface area contributed by atoms with E-state index in [9.17, 15) is 0 Å². The number of hydrogen-bond acceptors (Lipinski definition) is 4. The highest BCUT2D eigenvalue weighted by Gasteiger charge is 2.24. The van der Waals surface area contributed by atoms with Crippen LogP contribution in [-0.2, 0) is 6.54 Å². The summed E-state index contributed by atoms with van der Waals surface area (Å²) in [6, 6.07) is 9.96. The lowest BCUT2D eigenvalue weighted by Crippen LogP contribution is -2.48. The maximum Gasteiger partial charge on any atom is 0.226 e. The van der Waals surface area contributed by atoms with Gasteiger partial charge in [-0.1, -0.05) is 32.0 Å². The van der Waals surface area contributed by atoms with Gasteiger partial charge in [0.05, 0.1) is 12.2 Å². The van der Waals surface area contributed by atoms with Crippen molar-refractivity contribution in [3.63, 3.8) is 0 Å². The molecule has 2 heterocycles. The Balaban J connectivity index is 0.00000243. The Labute approximate surface area is 177 Å². The predicted molar refractivity (Wildman–Crippen MR) is 120 cm³/mol. The Morgan fingerprint density at radius 3 is 2.85 bits per heavy atom. The van der Waals surface area contributed by atoms with Gasteiger partial charge in [0, 0.05) is 36.7 Å². The summed E-state index contributed by atoms with van der Waals surface area (Å²) >= 11 is 2.07. The van der Waals surface area contributed by atoms with Gasteiger partial charge < -0.3 is 14.6 Å². The number of rotatable bonds is 4. The number of aliphatic imine (C=N–C) groups is 1. The molecule has 0 amide bonds. The second kappa shape index (κ2) is 10.2. The molecule has 1 aliphatic heterocycles. The summed E-state index contributed by atoms with van der Waals surface area (Å²) in [6.45, 7) is 7.26. The van der Waals surface area contributed by atoms with Crippen molar-refractivity contribution in [3.8, 4) is 11.5 Å². The van der Waals surface area contributed by atoms with Gasteiger partial charge in [-0.25, -0.2) is 4.98 Å². The molecule has 1 N–H and O–H groups in total. The molecule has 1 aromatic heterocycles. The van der Waals surface area contributed by atoms with Crippen LogP contribution in [-0.4, -0.2) is 47.0 Å². The predicted octanol–water partition coefficient (Wildman–Crippen LogP) is 4.11. The molecule has 142 valence electrons. The number of thioether (sulfide) groups is 1. The molecule has 1 unspecified atom stereocenters. The first kappa shape index (κ1) is 21.1. The number of hydrogen-bond donors (Lipinski definition) is 1. The molecule has 1 saturated heterocycles. The topological polar surface area (TPSA) is 53.7 Å². The molecular formula is C19H27IN4OS. The lowest BCUT2D eigenvalue weighted by atomic mass is 10.1. The summed E-state index contributed by atoms with van der Waals surface area (Å²) in [5.74, 6) is 3.41. The van der Waals surface area contributed by atoms with Gasteiger partial charge in [-0.3, -0.25) is 4.99 Å². The quantitative estimate of drug-likeness (QED) is 0.401. The average molecular weight is 486 g/mol. The fourth-order valence-corrected chi connectivity index (χ4v) is 4.17. The first-order valence-corrected chi connectivity index (χ1v) is 9.79. The van der Waals surface area contributed by atoms with Crippen molar-refractivity contribution in [2.75, 3.05) is 25.9 Å². The van der Waals surface area contributed by atoms with E-state index >= 15 is 0 Å². The highest BCUT2D eigenvalue weighted by atomic mass is 127. The molecule has 5 nitrogen and oxygen atoms in total. The van der Waals surface area contributed by atoms with E-state index in [0.717, 1.165) is 36.1 Å². The fourth-order valence-electron chi connectivity index (χ4n) is 2.87. The van der Waals surface area contributed by atoms with Crippen LogP contribution in [0.25, 0.3) is 11.5 Å². The van der Waals surface area contributed by atoms with E-state index in [1.165, 1.54) is 0 Å². The van der Waals surface area contributed by atoms with Crippen molar-refractivity contribution in [2.24, 2.45) is 10.9 Å². The van der Waals surface area contributed by atoms with Crippen molar-refractivity contribution in [3.05, 3.63) is 42.3 Å². The zero-order valence-corrected chi connectivity index (χ0v) is 18.7. The third-order valence-electron chi connectivity index (χ3n) is 4.35. The lowest BCUT2D eigenvalue weighted by Gasteiger charge is -2.36. The summed E-state index contributed by atoms with van der Waals surface area (Å²) in [5, 5.41) is 4.08. The van der Waals surface area contributed by atoms with Crippen molar-refractivity contribution >= 4 is 41.7 Å². The SMILES string of the molecule is CN=C(NCc1coc(-c2ccccc2)n1)N1CCSC(C(C)C)C1.I. The monoisotopic (exact) mass is 486 g/mol. The number of halogens is 1. The Morgan fingerprint density at radius 2 is 2.15 bits per heavy atom. The van der Waals surface area contributed by atoms with Gasteiger partial charge in [-0.15, -0.1) is 24.0 Å². The summed E-state index contributed by atoms with van der Waals surface area (Å²) in [5.41, 5.74) is 1.87. The smallest absolute Gasteiger partial charge is 0.226 e. The summed E-state index contributed by atoms with van der Waals surface area (Å²) < 4.78 is 5.60. The van der Waals surface area contributed by atoms with Crippen LogP contribution in [0.1, 0.15) is 19.5 Å². The Hall–Kier alpha value is -1.22. The summed E-state index contributed by atoms with van der Waals surface area (Å²) in [6.07, 6.45) is 1.71.